The summed E-state index contributed by atoms with van der Waals surface area (Å²) in [4.78, 5) is 0.336. The fraction of sp³-hybridized carbons (Fsp3) is 0.125. The van der Waals surface area contributed by atoms with Crippen molar-refractivity contribution in [3.63, 3.8) is 0 Å². The number of hydrogen-bond acceptors (Lipinski definition) is 2. The van der Waals surface area contributed by atoms with Gasteiger partial charge < -0.3 is 0 Å². The third kappa shape index (κ3) is 3.38. The lowest BCUT2D eigenvalue weighted by atomic mass is 10.1. The van der Waals surface area contributed by atoms with Gasteiger partial charge in [-0.1, -0.05) is 71.0 Å². The van der Waals surface area contributed by atoms with E-state index in [0.717, 1.165) is 5.56 Å². The molecule has 2 aromatic rings. The zero-order valence-corrected chi connectivity index (χ0v) is 13.3. The predicted octanol–water partition coefficient (Wildman–Crippen LogP) is 4.50. The quantitative estimate of drug-likeness (QED) is 0.795. The Hall–Kier alpha value is -1.39. The smallest absolute Gasteiger partial charge is 0.185 e. The maximum atomic E-state index is 12.8. The zero-order chi connectivity index (χ0) is 14.6. The van der Waals surface area contributed by atoms with Crippen molar-refractivity contribution in [3.05, 3.63) is 77.3 Å². The first-order valence-electron chi connectivity index (χ1n) is 6.19. The van der Waals surface area contributed by atoms with Gasteiger partial charge in [0, 0.05) is 0 Å². The molecule has 104 valence electrons. The minimum atomic E-state index is -3.44. The van der Waals surface area contributed by atoms with Crippen LogP contribution in [0.15, 0.2) is 76.6 Å². The van der Waals surface area contributed by atoms with Gasteiger partial charge in [0.25, 0.3) is 0 Å². The number of allylic oxidation sites excluding steroid dienone is 1. The first-order chi connectivity index (χ1) is 9.51. The fourth-order valence-corrected chi connectivity index (χ4v) is 4.39. The minimum absolute atomic E-state index is 0.336. The molecule has 0 aliphatic heterocycles. The average Bonchev–Trinajstić information content (AvgIpc) is 2.46. The van der Waals surface area contributed by atoms with Gasteiger partial charge in [-0.3, -0.25) is 0 Å². The molecule has 2 rings (SSSR count). The molecule has 0 aliphatic rings. The van der Waals surface area contributed by atoms with Crippen LogP contribution in [-0.4, -0.2) is 8.42 Å². The van der Waals surface area contributed by atoms with Gasteiger partial charge in [0.15, 0.2) is 9.84 Å². The van der Waals surface area contributed by atoms with E-state index in [1.165, 1.54) is 0 Å². The fourth-order valence-electron chi connectivity index (χ4n) is 2.05. The SMILES string of the molecule is C=C(Br)CC(c1ccccc1)S(=O)(=O)c1ccccc1. The van der Waals surface area contributed by atoms with Gasteiger partial charge in [0.05, 0.1) is 10.1 Å². The highest BCUT2D eigenvalue weighted by Crippen LogP contribution is 2.34. The van der Waals surface area contributed by atoms with Crippen LogP contribution in [0.5, 0.6) is 0 Å². The summed E-state index contributed by atoms with van der Waals surface area (Å²) in [6.07, 6.45) is 0.348. The van der Waals surface area contributed by atoms with Crippen molar-refractivity contribution in [1.29, 1.82) is 0 Å². The summed E-state index contributed by atoms with van der Waals surface area (Å²) >= 11 is 3.28. The summed E-state index contributed by atoms with van der Waals surface area (Å²) < 4.78 is 26.3. The standard InChI is InChI=1S/C16H15BrO2S/c1-13(17)12-16(14-8-4-2-5-9-14)20(18,19)15-10-6-3-7-11-15/h2-11,16H,1,12H2. The summed E-state index contributed by atoms with van der Waals surface area (Å²) in [6.45, 7) is 3.78. The van der Waals surface area contributed by atoms with E-state index in [-0.39, 0.29) is 0 Å². The molecular weight excluding hydrogens is 336 g/mol. The summed E-state index contributed by atoms with van der Waals surface area (Å²) in [5, 5.41) is -0.627. The molecular formula is C16H15BrO2S. The van der Waals surface area contributed by atoms with Crippen LogP contribution in [0.3, 0.4) is 0 Å². The Balaban J connectivity index is 2.49. The summed E-state index contributed by atoms with van der Waals surface area (Å²) in [7, 11) is -3.44. The Morgan fingerprint density at radius 1 is 1.00 bits per heavy atom. The molecule has 2 nitrogen and oxygen atoms in total. The molecule has 0 N–H and O–H groups in total. The van der Waals surface area contributed by atoms with Gasteiger partial charge >= 0.3 is 0 Å². The van der Waals surface area contributed by atoms with Gasteiger partial charge in [-0.25, -0.2) is 8.42 Å². The van der Waals surface area contributed by atoms with E-state index < -0.39 is 15.1 Å². The van der Waals surface area contributed by atoms with Crippen molar-refractivity contribution in [2.45, 2.75) is 16.6 Å². The molecule has 0 radical (unpaired) electrons. The second-order valence-corrected chi connectivity index (χ2v) is 7.73. The molecule has 0 saturated carbocycles. The van der Waals surface area contributed by atoms with Gasteiger partial charge in [0.2, 0.25) is 0 Å². The predicted molar refractivity (Wildman–Crippen MR) is 85.5 cm³/mol. The Morgan fingerprint density at radius 2 is 1.50 bits per heavy atom. The summed E-state index contributed by atoms with van der Waals surface area (Å²) in [5.74, 6) is 0. The van der Waals surface area contributed by atoms with Crippen LogP contribution in [-0.2, 0) is 9.84 Å². The Labute approximate surface area is 128 Å². The molecule has 0 aliphatic carbocycles. The highest BCUT2D eigenvalue weighted by Gasteiger charge is 2.29. The lowest BCUT2D eigenvalue weighted by Gasteiger charge is -2.18. The third-order valence-corrected chi connectivity index (χ3v) is 5.47. The molecule has 2 aromatic carbocycles. The molecule has 1 unspecified atom stereocenters. The monoisotopic (exact) mass is 350 g/mol. The maximum Gasteiger partial charge on any atom is 0.185 e. The first-order valence-corrected chi connectivity index (χ1v) is 8.53. The number of halogens is 1. The Kier molecular flexibility index (Phi) is 4.78. The van der Waals surface area contributed by atoms with Crippen molar-refractivity contribution >= 4 is 25.8 Å². The zero-order valence-electron chi connectivity index (χ0n) is 10.9. The van der Waals surface area contributed by atoms with Crippen LogP contribution in [0, 0.1) is 0 Å². The first kappa shape index (κ1) is 15.0. The molecule has 0 heterocycles. The van der Waals surface area contributed by atoms with Crippen molar-refractivity contribution in [2.75, 3.05) is 0 Å². The molecule has 0 spiro atoms. The highest BCUT2D eigenvalue weighted by molar-refractivity contribution is 9.11. The molecule has 20 heavy (non-hydrogen) atoms. The van der Waals surface area contributed by atoms with Crippen LogP contribution < -0.4 is 0 Å². The van der Waals surface area contributed by atoms with Gasteiger partial charge in [-0.05, 0) is 28.6 Å². The van der Waals surface area contributed by atoms with E-state index in [1.807, 2.05) is 30.3 Å². The van der Waals surface area contributed by atoms with Crippen LogP contribution in [0.25, 0.3) is 0 Å². The van der Waals surface area contributed by atoms with E-state index in [0.29, 0.717) is 15.8 Å². The van der Waals surface area contributed by atoms with Crippen molar-refractivity contribution < 1.29 is 8.42 Å². The molecule has 0 saturated heterocycles. The summed E-state index contributed by atoms with van der Waals surface area (Å²) in [6, 6.07) is 17.8. The van der Waals surface area contributed by atoms with E-state index >= 15 is 0 Å². The minimum Gasteiger partial charge on any atom is -0.223 e. The van der Waals surface area contributed by atoms with Crippen molar-refractivity contribution in [2.24, 2.45) is 0 Å². The topological polar surface area (TPSA) is 34.1 Å². The maximum absolute atomic E-state index is 12.8. The summed E-state index contributed by atoms with van der Waals surface area (Å²) in [5.41, 5.74) is 0.775. The van der Waals surface area contributed by atoms with E-state index in [4.69, 9.17) is 0 Å². The van der Waals surface area contributed by atoms with Crippen LogP contribution in [0.4, 0.5) is 0 Å². The largest absolute Gasteiger partial charge is 0.223 e. The molecule has 0 aromatic heterocycles. The van der Waals surface area contributed by atoms with Gasteiger partial charge in [0.1, 0.15) is 0 Å². The van der Waals surface area contributed by atoms with Crippen LogP contribution in [0.1, 0.15) is 17.2 Å². The second-order valence-electron chi connectivity index (χ2n) is 4.48. The van der Waals surface area contributed by atoms with E-state index in [1.54, 1.807) is 30.3 Å². The van der Waals surface area contributed by atoms with Crippen molar-refractivity contribution in [1.82, 2.24) is 0 Å². The van der Waals surface area contributed by atoms with Crippen LogP contribution in [0.2, 0.25) is 0 Å². The molecule has 0 bridgehead atoms. The Bertz CT molecular complexity index is 679. The van der Waals surface area contributed by atoms with Gasteiger partial charge in [-0.2, -0.15) is 0 Å². The van der Waals surface area contributed by atoms with Crippen LogP contribution >= 0.6 is 15.9 Å². The van der Waals surface area contributed by atoms with Crippen molar-refractivity contribution in [3.8, 4) is 0 Å². The lowest BCUT2D eigenvalue weighted by Crippen LogP contribution is -2.14. The number of hydrogen-bond donors (Lipinski definition) is 0. The third-order valence-electron chi connectivity index (χ3n) is 3.02. The molecule has 1 atom stereocenters. The number of sulfone groups is 1. The van der Waals surface area contributed by atoms with E-state index in [9.17, 15) is 8.42 Å². The average molecular weight is 351 g/mol. The van der Waals surface area contributed by atoms with E-state index in [2.05, 4.69) is 22.5 Å². The normalized spacial score (nSPS) is 12.8. The second kappa shape index (κ2) is 6.37. The highest BCUT2D eigenvalue weighted by atomic mass is 79.9. The lowest BCUT2D eigenvalue weighted by molar-refractivity contribution is 0.582. The molecule has 4 heteroatoms. The molecule has 0 amide bonds. The molecule has 0 fully saturated rings. The number of benzene rings is 2. The number of rotatable bonds is 5. The Morgan fingerprint density at radius 3 is 2.00 bits per heavy atom. The van der Waals surface area contributed by atoms with Gasteiger partial charge in [-0.15, -0.1) is 0 Å².